The highest BCUT2D eigenvalue weighted by Crippen LogP contribution is 2.23. The van der Waals surface area contributed by atoms with E-state index in [0.717, 1.165) is 23.0 Å². The van der Waals surface area contributed by atoms with Crippen LogP contribution in [0.5, 0.6) is 0 Å². The Morgan fingerprint density at radius 2 is 1.67 bits per heavy atom. The van der Waals surface area contributed by atoms with Crippen LogP contribution < -0.4 is 4.90 Å². The van der Waals surface area contributed by atoms with Crippen LogP contribution in [-0.2, 0) is 10.0 Å². The van der Waals surface area contributed by atoms with Crippen LogP contribution in [0.4, 0.5) is 5.82 Å². The quantitative estimate of drug-likeness (QED) is 0.612. The minimum atomic E-state index is -3.58. The summed E-state index contributed by atoms with van der Waals surface area (Å²) < 4.78 is 29.3. The smallest absolute Gasteiger partial charge is 0.243 e. The number of nitrogens with zero attached hydrogens (tertiary/aromatic N) is 6. The molecule has 0 unspecified atom stereocenters. The zero-order chi connectivity index (χ0) is 21.5. The fourth-order valence-corrected chi connectivity index (χ4v) is 5.21. The van der Waals surface area contributed by atoms with Gasteiger partial charge in [0, 0.05) is 43.0 Å². The summed E-state index contributed by atoms with van der Waals surface area (Å²) in [5.74, 6) is 2.19. The lowest BCUT2D eigenvalue weighted by molar-refractivity contribution is 0.383. The third kappa shape index (κ3) is 3.92. The molecule has 0 atom stereocenters. The first-order chi connectivity index (χ1) is 14.3. The maximum Gasteiger partial charge on any atom is 0.243 e. The molecule has 8 nitrogen and oxygen atoms in total. The second kappa shape index (κ2) is 7.98. The fourth-order valence-electron chi connectivity index (χ4n) is 3.49. The van der Waals surface area contributed by atoms with E-state index in [2.05, 4.69) is 19.9 Å². The van der Waals surface area contributed by atoms with Gasteiger partial charge < -0.3 is 4.90 Å². The van der Waals surface area contributed by atoms with Crippen LogP contribution in [0.3, 0.4) is 0 Å². The molecule has 0 aliphatic carbocycles. The number of hydrogen-bond acceptors (Lipinski definition) is 6. The van der Waals surface area contributed by atoms with Crippen LogP contribution in [-0.4, -0.2) is 58.4 Å². The van der Waals surface area contributed by atoms with Crippen LogP contribution >= 0.6 is 11.6 Å². The van der Waals surface area contributed by atoms with E-state index in [-0.39, 0.29) is 4.90 Å². The normalized spacial score (nSPS) is 15.5. The van der Waals surface area contributed by atoms with E-state index in [9.17, 15) is 8.42 Å². The molecule has 0 bridgehead atoms. The number of imidazole rings is 1. The molecule has 3 heterocycles. The van der Waals surface area contributed by atoms with Gasteiger partial charge in [0.15, 0.2) is 0 Å². The lowest BCUT2D eigenvalue weighted by Crippen LogP contribution is -2.49. The molecule has 1 aliphatic rings. The average Bonchev–Trinajstić information content (AvgIpc) is 3.06. The van der Waals surface area contributed by atoms with Gasteiger partial charge in [-0.15, -0.1) is 0 Å². The minimum Gasteiger partial charge on any atom is -0.354 e. The molecule has 158 valence electrons. The Labute approximate surface area is 181 Å². The predicted octanol–water partition coefficient (Wildman–Crippen LogP) is 2.75. The largest absolute Gasteiger partial charge is 0.354 e. The molecule has 1 saturated heterocycles. The van der Waals surface area contributed by atoms with Crippen LogP contribution in [0.25, 0.3) is 5.82 Å². The highest BCUT2D eigenvalue weighted by Gasteiger charge is 2.29. The Hall–Kier alpha value is -2.49. The van der Waals surface area contributed by atoms with Crippen molar-refractivity contribution in [2.45, 2.75) is 25.7 Å². The number of aryl methyl sites for hydroxylation is 2. The summed E-state index contributed by atoms with van der Waals surface area (Å²) in [7, 11) is -3.58. The van der Waals surface area contributed by atoms with Crippen LogP contribution in [0.15, 0.2) is 41.6 Å². The summed E-state index contributed by atoms with van der Waals surface area (Å²) >= 11 is 5.97. The average molecular weight is 447 g/mol. The Bertz CT molecular complexity index is 1190. The molecule has 4 rings (SSSR count). The van der Waals surface area contributed by atoms with E-state index in [1.165, 1.54) is 10.4 Å². The summed E-state index contributed by atoms with van der Waals surface area (Å²) in [6.07, 6.45) is 1.76. The lowest BCUT2D eigenvalue weighted by Gasteiger charge is -2.34. The van der Waals surface area contributed by atoms with E-state index >= 15 is 0 Å². The molecule has 3 aromatic rings. The molecule has 1 aromatic carbocycles. The fraction of sp³-hybridized carbons (Fsp3) is 0.350. The third-order valence-corrected chi connectivity index (χ3v) is 7.44. The first kappa shape index (κ1) is 20.8. The monoisotopic (exact) mass is 446 g/mol. The molecule has 10 heteroatoms. The molecule has 0 saturated carbocycles. The molecule has 0 N–H and O–H groups in total. The van der Waals surface area contributed by atoms with Gasteiger partial charge >= 0.3 is 0 Å². The third-order valence-electron chi connectivity index (χ3n) is 5.31. The maximum atomic E-state index is 12.9. The van der Waals surface area contributed by atoms with Crippen molar-refractivity contribution in [1.82, 2.24) is 23.8 Å². The highest BCUT2D eigenvalue weighted by atomic mass is 35.5. The summed E-state index contributed by atoms with van der Waals surface area (Å²) in [5.41, 5.74) is 1.98. The molecule has 0 spiro atoms. The van der Waals surface area contributed by atoms with Gasteiger partial charge in [-0.3, -0.25) is 4.57 Å². The number of rotatable bonds is 4. The molecular formula is C20H23ClN6O2S. The van der Waals surface area contributed by atoms with Crippen LogP contribution in [0.2, 0.25) is 5.02 Å². The zero-order valence-electron chi connectivity index (χ0n) is 17.1. The van der Waals surface area contributed by atoms with Crippen molar-refractivity contribution < 1.29 is 8.42 Å². The Balaban J connectivity index is 1.54. The van der Waals surface area contributed by atoms with Gasteiger partial charge in [0.2, 0.25) is 10.0 Å². The molecule has 1 fully saturated rings. The standard InChI is InChI=1S/C20H23ClN6O2S/c1-14-15(2)27(13-22-14)20-12-19(23-16(3)24-20)25-7-9-26(10-8-25)30(28,29)18-6-4-5-17(21)11-18/h4-6,11-13H,7-10H2,1-3H3. The number of halogens is 1. The molecular weight excluding hydrogens is 424 g/mol. The van der Waals surface area contributed by atoms with Crippen LogP contribution in [0, 0.1) is 20.8 Å². The van der Waals surface area contributed by atoms with E-state index in [1.807, 2.05) is 31.4 Å². The van der Waals surface area contributed by atoms with Crippen molar-refractivity contribution in [3.05, 3.63) is 58.9 Å². The van der Waals surface area contributed by atoms with Gasteiger partial charge in [0.1, 0.15) is 23.8 Å². The van der Waals surface area contributed by atoms with Crippen molar-refractivity contribution in [2.75, 3.05) is 31.1 Å². The van der Waals surface area contributed by atoms with Gasteiger partial charge in [-0.25, -0.2) is 23.4 Å². The maximum absolute atomic E-state index is 12.9. The molecule has 0 amide bonds. The summed E-state index contributed by atoms with van der Waals surface area (Å²) in [6.45, 7) is 7.63. The van der Waals surface area contributed by atoms with E-state index in [4.69, 9.17) is 11.6 Å². The number of benzene rings is 1. The van der Waals surface area contributed by atoms with Gasteiger partial charge in [-0.1, -0.05) is 17.7 Å². The van der Waals surface area contributed by atoms with E-state index < -0.39 is 10.0 Å². The predicted molar refractivity (Wildman–Crippen MR) is 116 cm³/mol. The highest BCUT2D eigenvalue weighted by molar-refractivity contribution is 7.89. The Kier molecular flexibility index (Phi) is 5.52. The van der Waals surface area contributed by atoms with Crippen molar-refractivity contribution in [3.8, 4) is 5.82 Å². The number of aromatic nitrogens is 4. The summed E-state index contributed by atoms with van der Waals surface area (Å²) in [4.78, 5) is 15.8. The number of piperazine rings is 1. The summed E-state index contributed by atoms with van der Waals surface area (Å²) in [5, 5.41) is 0.406. The van der Waals surface area contributed by atoms with Crippen molar-refractivity contribution in [1.29, 1.82) is 0 Å². The number of anilines is 1. The molecule has 1 aliphatic heterocycles. The van der Waals surface area contributed by atoms with Gasteiger partial charge in [-0.05, 0) is 39.0 Å². The van der Waals surface area contributed by atoms with Gasteiger partial charge in [0.05, 0.1) is 10.6 Å². The van der Waals surface area contributed by atoms with E-state index in [0.29, 0.717) is 37.0 Å². The SMILES string of the molecule is Cc1nc(N2CCN(S(=O)(=O)c3cccc(Cl)c3)CC2)cc(-n2cnc(C)c2C)n1. The topological polar surface area (TPSA) is 84.2 Å². The molecule has 30 heavy (non-hydrogen) atoms. The first-order valence-corrected chi connectivity index (χ1v) is 11.4. The van der Waals surface area contributed by atoms with Crippen molar-refractivity contribution in [2.24, 2.45) is 0 Å². The molecule has 2 aromatic heterocycles. The Morgan fingerprint density at radius 3 is 2.30 bits per heavy atom. The van der Waals surface area contributed by atoms with E-state index in [1.54, 1.807) is 24.5 Å². The Morgan fingerprint density at radius 1 is 0.967 bits per heavy atom. The van der Waals surface area contributed by atoms with Gasteiger partial charge in [0.25, 0.3) is 0 Å². The number of sulfonamides is 1. The van der Waals surface area contributed by atoms with Crippen molar-refractivity contribution in [3.63, 3.8) is 0 Å². The number of hydrogen-bond donors (Lipinski definition) is 0. The zero-order valence-corrected chi connectivity index (χ0v) is 18.7. The first-order valence-electron chi connectivity index (χ1n) is 9.63. The van der Waals surface area contributed by atoms with Crippen LogP contribution in [0.1, 0.15) is 17.2 Å². The second-order valence-corrected chi connectivity index (χ2v) is 9.64. The second-order valence-electron chi connectivity index (χ2n) is 7.27. The van der Waals surface area contributed by atoms with Crippen molar-refractivity contribution >= 4 is 27.4 Å². The minimum absolute atomic E-state index is 0.217. The van der Waals surface area contributed by atoms with Gasteiger partial charge in [-0.2, -0.15) is 4.31 Å². The summed E-state index contributed by atoms with van der Waals surface area (Å²) in [6, 6.07) is 8.29. The molecule has 0 radical (unpaired) electrons. The lowest BCUT2D eigenvalue weighted by atomic mass is 10.3.